The van der Waals surface area contributed by atoms with E-state index in [0.717, 1.165) is 62.1 Å². The van der Waals surface area contributed by atoms with Crippen molar-refractivity contribution in [2.24, 2.45) is 0 Å². The molecule has 2 aliphatic rings. The van der Waals surface area contributed by atoms with E-state index in [-0.39, 0.29) is 0 Å². The Balaban J connectivity index is 2.00. The monoisotopic (exact) mass is 281 g/mol. The van der Waals surface area contributed by atoms with Gasteiger partial charge >= 0.3 is 0 Å². The lowest BCUT2D eigenvalue weighted by Gasteiger charge is -2.37. The molecule has 5 heteroatoms. The van der Waals surface area contributed by atoms with Gasteiger partial charge in [-0.15, -0.1) is 0 Å². The number of rotatable bonds is 1. The Morgan fingerprint density at radius 2 is 2.00 bits per heavy atom. The molecule has 0 unspecified atom stereocenters. The van der Waals surface area contributed by atoms with Gasteiger partial charge in [0.1, 0.15) is 5.75 Å². The van der Waals surface area contributed by atoms with E-state index in [1.807, 2.05) is 6.07 Å². The van der Waals surface area contributed by atoms with Crippen molar-refractivity contribution in [3.05, 3.63) is 16.7 Å². The first-order chi connectivity index (χ1) is 9.16. The molecule has 0 radical (unpaired) electrons. The van der Waals surface area contributed by atoms with Crippen LogP contribution < -0.4 is 15.4 Å². The second-order valence-corrected chi connectivity index (χ2v) is 5.75. The molecule has 1 fully saturated rings. The highest BCUT2D eigenvalue weighted by atomic mass is 35.5. The van der Waals surface area contributed by atoms with E-state index in [4.69, 9.17) is 22.1 Å². The molecule has 2 N–H and O–H groups in total. The summed E-state index contributed by atoms with van der Waals surface area (Å²) in [5.74, 6) is 0.851. The van der Waals surface area contributed by atoms with Crippen LogP contribution in [0.4, 0.5) is 11.4 Å². The molecule has 19 heavy (non-hydrogen) atoms. The fraction of sp³-hybridized carbons (Fsp3) is 0.571. The van der Waals surface area contributed by atoms with Crippen LogP contribution in [0.25, 0.3) is 0 Å². The van der Waals surface area contributed by atoms with Gasteiger partial charge in [-0.2, -0.15) is 0 Å². The largest absolute Gasteiger partial charge is 0.491 e. The molecule has 0 atom stereocenters. The van der Waals surface area contributed by atoms with Gasteiger partial charge in [0.25, 0.3) is 0 Å². The Morgan fingerprint density at radius 1 is 1.26 bits per heavy atom. The summed E-state index contributed by atoms with van der Waals surface area (Å²) in [4.78, 5) is 4.71. The molecule has 2 aliphatic heterocycles. The summed E-state index contributed by atoms with van der Waals surface area (Å²) in [5, 5.41) is 0.756. The van der Waals surface area contributed by atoms with Crippen LogP contribution in [-0.4, -0.2) is 44.7 Å². The molecule has 0 bridgehead atoms. The topological polar surface area (TPSA) is 41.7 Å². The molecule has 104 valence electrons. The molecule has 1 saturated heterocycles. The average molecular weight is 282 g/mol. The predicted octanol–water partition coefficient (Wildman–Crippen LogP) is 2.00. The number of nitrogens with zero attached hydrogens (tertiary/aromatic N) is 2. The molecule has 0 saturated carbocycles. The van der Waals surface area contributed by atoms with Crippen LogP contribution >= 0.6 is 11.6 Å². The standard InChI is InChI=1S/C14H20ClN3O/c1-17-4-6-18(7-5-17)13-10-3-2-8-19-14(10)12(16)9-11(13)15/h9H,2-8,16H2,1H3. The Labute approximate surface area is 119 Å². The number of nitrogen functional groups attached to an aromatic ring is 1. The van der Waals surface area contributed by atoms with Crippen LogP contribution in [0.15, 0.2) is 6.07 Å². The van der Waals surface area contributed by atoms with Crippen LogP contribution in [0, 0.1) is 0 Å². The number of likely N-dealkylation sites (N-methyl/N-ethyl adjacent to an activating group) is 1. The lowest BCUT2D eigenvalue weighted by molar-refractivity contribution is 0.288. The first-order valence-electron chi connectivity index (χ1n) is 6.84. The van der Waals surface area contributed by atoms with Crippen LogP contribution in [0.1, 0.15) is 12.0 Å². The van der Waals surface area contributed by atoms with Crippen molar-refractivity contribution in [3.63, 3.8) is 0 Å². The van der Waals surface area contributed by atoms with E-state index in [0.29, 0.717) is 5.69 Å². The molecule has 1 aromatic rings. The Morgan fingerprint density at radius 3 is 2.74 bits per heavy atom. The van der Waals surface area contributed by atoms with E-state index < -0.39 is 0 Å². The van der Waals surface area contributed by atoms with Crippen molar-refractivity contribution in [1.29, 1.82) is 0 Å². The second-order valence-electron chi connectivity index (χ2n) is 5.35. The maximum absolute atomic E-state index is 6.45. The van der Waals surface area contributed by atoms with Gasteiger partial charge in [0, 0.05) is 31.7 Å². The quantitative estimate of drug-likeness (QED) is 0.800. The third-order valence-corrected chi connectivity index (χ3v) is 4.26. The molecule has 2 heterocycles. The number of halogens is 1. The summed E-state index contributed by atoms with van der Waals surface area (Å²) < 4.78 is 5.74. The normalized spacial score (nSPS) is 20.0. The Kier molecular flexibility index (Phi) is 3.46. The fourth-order valence-electron chi connectivity index (χ4n) is 2.89. The zero-order valence-corrected chi connectivity index (χ0v) is 12.0. The summed E-state index contributed by atoms with van der Waals surface area (Å²) in [5.41, 5.74) is 9.02. The van der Waals surface area contributed by atoms with Crippen LogP contribution in [0.5, 0.6) is 5.75 Å². The fourth-order valence-corrected chi connectivity index (χ4v) is 3.25. The second kappa shape index (κ2) is 5.10. The van der Waals surface area contributed by atoms with Gasteiger partial charge in [0.2, 0.25) is 0 Å². The van der Waals surface area contributed by atoms with E-state index in [2.05, 4.69) is 16.8 Å². The van der Waals surface area contributed by atoms with Crippen LogP contribution in [0.2, 0.25) is 5.02 Å². The molecular formula is C14H20ClN3O. The highest BCUT2D eigenvalue weighted by Gasteiger charge is 2.25. The lowest BCUT2D eigenvalue weighted by atomic mass is 10.0. The third kappa shape index (κ3) is 2.35. The molecule has 1 aromatic carbocycles. The maximum Gasteiger partial charge on any atom is 0.147 e. The summed E-state index contributed by atoms with van der Waals surface area (Å²) in [6.07, 6.45) is 2.04. The van der Waals surface area contributed by atoms with Crippen molar-refractivity contribution < 1.29 is 4.74 Å². The van der Waals surface area contributed by atoms with Crippen LogP contribution in [-0.2, 0) is 6.42 Å². The minimum atomic E-state index is 0.664. The highest BCUT2D eigenvalue weighted by molar-refractivity contribution is 6.34. The summed E-state index contributed by atoms with van der Waals surface area (Å²) in [7, 11) is 2.15. The number of ether oxygens (including phenoxy) is 1. The number of nitrogens with two attached hydrogens (primary N) is 1. The maximum atomic E-state index is 6.45. The lowest BCUT2D eigenvalue weighted by Crippen LogP contribution is -2.45. The van der Waals surface area contributed by atoms with E-state index in [9.17, 15) is 0 Å². The molecule has 0 aromatic heterocycles. The molecule has 0 spiro atoms. The van der Waals surface area contributed by atoms with Gasteiger partial charge in [0.05, 0.1) is 23.0 Å². The average Bonchev–Trinajstić information content (AvgIpc) is 2.41. The van der Waals surface area contributed by atoms with Gasteiger partial charge in [-0.1, -0.05) is 11.6 Å². The molecule has 0 aliphatic carbocycles. The number of hydrogen-bond acceptors (Lipinski definition) is 4. The summed E-state index contributed by atoms with van der Waals surface area (Å²) in [6.45, 7) is 4.90. The van der Waals surface area contributed by atoms with Crippen molar-refractivity contribution in [2.75, 3.05) is 50.5 Å². The molecular weight excluding hydrogens is 262 g/mol. The first-order valence-corrected chi connectivity index (χ1v) is 7.22. The number of benzene rings is 1. The van der Waals surface area contributed by atoms with Crippen LogP contribution in [0.3, 0.4) is 0 Å². The number of fused-ring (bicyclic) bond motifs is 1. The zero-order chi connectivity index (χ0) is 13.4. The molecule has 3 rings (SSSR count). The minimum absolute atomic E-state index is 0.664. The van der Waals surface area contributed by atoms with Gasteiger partial charge < -0.3 is 20.3 Å². The molecule has 0 amide bonds. The Bertz CT molecular complexity index is 484. The van der Waals surface area contributed by atoms with Crippen molar-refractivity contribution >= 4 is 23.0 Å². The van der Waals surface area contributed by atoms with E-state index >= 15 is 0 Å². The van der Waals surface area contributed by atoms with Crippen molar-refractivity contribution in [1.82, 2.24) is 4.90 Å². The summed E-state index contributed by atoms with van der Waals surface area (Å²) >= 11 is 6.45. The SMILES string of the molecule is CN1CCN(c2c(Cl)cc(N)c3c2CCCO3)CC1. The number of anilines is 2. The van der Waals surface area contributed by atoms with Crippen molar-refractivity contribution in [3.8, 4) is 5.75 Å². The predicted molar refractivity (Wildman–Crippen MR) is 79.4 cm³/mol. The smallest absolute Gasteiger partial charge is 0.147 e. The van der Waals surface area contributed by atoms with Gasteiger partial charge in [0.15, 0.2) is 0 Å². The van der Waals surface area contributed by atoms with Gasteiger partial charge in [-0.05, 0) is 26.0 Å². The van der Waals surface area contributed by atoms with Gasteiger partial charge in [-0.25, -0.2) is 0 Å². The highest BCUT2D eigenvalue weighted by Crippen LogP contribution is 2.43. The first kappa shape index (κ1) is 12.9. The van der Waals surface area contributed by atoms with Crippen molar-refractivity contribution in [2.45, 2.75) is 12.8 Å². The van der Waals surface area contributed by atoms with E-state index in [1.165, 1.54) is 5.56 Å². The molecule has 4 nitrogen and oxygen atoms in total. The van der Waals surface area contributed by atoms with Gasteiger partial charge in [-0.3, -0.25) is 0 Å². The van der Waals surface area contributed by atoms with E-state index in [1.54, 1.807) is 0 Å². The number of hydrogen-bond donors (Lipinski definition) is 1. The summed E-state index contributed by atoms with van der Waals surface area (Å²) in [6, 6.07) is 1.83. The number of piperazine rings is 1. The third-order valence-electron chi connectivity index (χ3n) is 3.97. The zero-order valence-electron chi connectivity index (χ0n) is 11.3. The Hall–Kier alpha value is -1.13. The minimum Gasteiger partial charge on any atom is -0.491 e.